The highest BCUT2D eigenvalue weighted by Crippen LogP contribution is 2.13. The number of quaternary nitrogens is 1. The van der Waals surface area contributed by atoms with Crippen LogP contribution in [0.4, 0.5) is 0 Å². The number of hydrogen-bond acceptors (Lipinski definition) is 5. The standard InChI is InChI=1S/C9H21N5O/c10-7-6-8(12-9(11)14(7)15)13-4-2-1-3-5-13/h7-9,12,14H,1-6,10-11H2. The summed E-state index contributed by atoms with van der Waals surface area (Å²) >= 11 is 0. The van der Waals surface area contributed by atoms with Crippen LogP contribution in [-0.2, 0) is 0 Å². The Morgan fingerprint density at radius 1 is 1.20 bits per heavy atom. The first-order valence-electron chi connectivity index (χ1n) is 5.73. The van der Waals surface area contributed by atoms with Crippen molar-refractivity contribution in [3.63, 3.8) is 0 Å². The topological polar surface area (TPSA) is 94.8 Å². The molecule has 88 valence electrons. The average molecular weight is 215 g/mol. The van der Waals surface area contributed by atoms with Gasteiger partial charge in [0.1, 0.15) is 6.17 Å². The van der Waals surface area contributed by atoms with Gasteiger partial charge in [0.2, 0.25) is 0 Å². The van der Waals surface area contributed by atoms with Crippen LogP contribution in [0.15, 0.2) is 0 Å². The molecule has 0 aromatic heterocycles. The van der Waals surface area contributed by atoms with Crippen LogP contribution in [-0.4, -0.2) is 36.6 Å². The SMILES string of the molecule is NC1CC(N2CCCCC2)NC(N)[NH+]1[O-]. The molecule has 0 amide bonds. The van der Waals surface area contributed by atoms with E-state index in [1.54, 1.807) is 0 Å². The van der Waals surface area contributed by atoms with Crippen molar-refractivity contribution in [2.75, 3.05) is 13.1 Å². The molecule has 0 aliphatic carbocycles. The summed E-state index contributed by atoms with van der Waals surface area (Å²) in [6.45, 7) is 2.18. The number of rotatable bonds is 1. The van der Waals surface area contributed by atoms with E-state index in [1.165, 1.54) is 19.3 Å². The molecule has 6 N–H and O–H groups in total. The molecule has 4 atom stereocenters. The van der Waals surface area contributed by atoms with Crippen molar-refractivity contribution in [2.45, 2.75) is 44.3 Å². The fourth-order valence-corrected chi connectivity index (χ4v) is 2.43. The first kappa shape index (κ1) is 11.3. The van der Waals surface area contributed by atoms with Gasteiger partial charge in [0.05, 0.1) is 6.17 Å². The molecule has 2 rings (SSSR count). The number of likely N-dealkylation sites (tertiary alicyclic amines) is 1. The van der Waals surface area contributed by atoms with E-state index in [0.29, 0.717) is 6.42 Å². The minimum Gasteiger partial charge on any atom is -0.631 e. The van der Waals surface area contributed by atoms with E-state index in [-0.39, 0.29) is 11.2 Å². The largest absolute Gasteiger partial charge is 0.631 e. The molecular formula is C9H21N5O. The second-order valence-electron chi connectivity index (χ2n) is 4.50. The molecule has 15 heavy (non-hydrogen) atoms. The van der Waals surface area contributed by atoms with E-state index < -0.39 is 12.5 Å². The predicted octanol–water partition coefficient (Wildman–Crippen LogP) is -2.30. The van der Waals surface area contributed by atoms with Crippen LogP contribution in [0.2, 0.25) is 0 Å². The summed E-state index contributed by atoms with van der Waals surface area (Å²) in [5.74, 6) is 0. The van der Waals surface area contributed by atoms with Gasteiger partial charge in [0.25, 0.3) is 0 Å². The minimum atomic E-state index is -0.583. The lowest BCUT2D eigenvalue weighted by Gasteiger charge is -2.46. The van der Waals surface area contributed by atoms with Gasteiger partial charge in [-0.3, -0.25) is 16.4 Å². The number of piperidine rings is 1. The van der Waals surface area contributed by atoms with E-state index in [1.807, 2.05) is 0 Å². The number of nitrogens with one attached hydrogen (secondary N) is 2. The quantitative estimate of drug-likeness (QED) is 0.369. The Kier molecular flexibility index (Phi) is 3.55. The molecule has 2 aliphatic rings. The number of hydroxylamine groups is 2. The van der Waals surface area contributed by atoms with Gasteiger partial charge < -0.3 is 10.3 Å². The van der Waals surface area contributed by atoms with Gasteiger partial charge in [-0.2, -0.15) is 0 Å². The molecule has 0 saturated carbocycles. The van der Waals surface area contributed by atoms with Crippen LogP contribution in [0.5, 0.6) is 0 Å². The zero-order valence-electron chi connectivity index (χ0n) is 8.98. The predicted molar refractivity (Wildman–Crippen MR) is 57.2 cm³/mol. The molecule has 0 spiro atoms. The van der Waals surface area contributed by atoms with Gasteiger partial charge in [0, 0.05) is 6.42 Å². The van der Waals surface area contributed by atoms with Crippen molar-refractivity contribution < 1.29 is 5.06 Å². The Balaban J connectivity index is 1.92. The highest BCUT2D eigenvalue weighted by atomic mass is 16.5. The van der Waals surface area contributed by atoms with Crippen molar-refractivity contribution in [2.24, 2.45) is 11.5 Å². The number of hydrogen-bond donors (Lipinski definition) is 4. The molecule has 0 bridgehead atoms. The highest BCUT2D eigenvalue weighted by Gasteiger charge is 2.33. The number of nitrogens with zero attached hydrogens (tertiary/aromatic N) is 1. The molecule has 2 heterocycles. The lowest BCUT2D eigenvalue weighted by Crippen LogP contribution is -3.22. The highest BCUT2D eigenvalue weighted by molar-refractivity contribution is 4.77. The fraction of sp³-hybridized carbons (Fsp3) is 1.00. The summed E-state index contributed by atoms with van der Waals surface area (Å²) in [4.78, 5) is 2.36. The summed E-state index contributed by atoms with van der Waals surface area (Å²) in [6, 6.07) is 0. The second kappa shape index (κ2) is 4.73. The lowest BCUT2D eigenvalue weighted by atomic mass is 10.1. The fourth-order valence-electron chi connectivity index (χ4n) is 2.43. The summed E-state index contributed by atoms with van der Waals surface area (Å²) in [7, 11) is 0. The van der Waals surface area contributed by atoms with Crippen molar-refractivity contribution >= 4 is 0 Å². The summed E-state index contributed by atoms with van der Waals surface area (Å²) in [6.07, 6.45) is 3.67. The molecule has 4 unspecified atom stereocenters. The summed E-state index contributed by atoms with van der Waals surface area (Å²) < 4.78 is 0. The molecule has 6 nitrogen and oxygen atoms in total. The third-order valence-electron chi connectivity index (χ3n) is 3.35. The molecule has 6 heteroatoms. The van der Waals surface area contributed by atoms with Crippen LogP contribution < -0.4 is 21.8 Å². The van der Waals surface area contributed by atoms with Crippen LogP contribution >= 0.6 is 0 Å². The normalized spacial score (nSPS) is 44.2. The van der Waals surface area contributed by atoms with Gasteiger partial charge in [-0.15, -0.1) is 0 Å². The van der Waals surface area contributed by atoms with Crippen LogP contribution in [0, 0.1) is 5.21 Å². The number of nitrogens with two attached hydrogens (primary N) is 2. The van der Waals surface area contributed by atoms with E-state index in [2.05, 4.69) is 10.2 Å². The van der Waals surface area contributed by atoms with Crippen molar-refractivity contribution in [3.05, 3.63) is 5.21 Å². The van der Waals surface area contributed by atoms with Crippen LogP contribution in [0.1, 0.15) is 25.7 Å². The Morgan fingerprint density at radius 3 is 2.47 bits per heavy atom. The van der Waals surface area contributed by atoms with Crippen molar-refractivity contribution in [1.29, 1.82) is 0 Å². The van der Waals surface area contributed by atoms with Gasteiger partial charge in [-0.1, -0.05) is 6.42 Å². The maximum Gasteiger partial charge on any atom is 0.198 e. The average Bonchev–Trinajstić information content (AvgIpc) is 2.26. The molecule has 2 saturated heterocycles. The third-order valence-corrected chi connectivity index (χ3v) is 3.35. The Hall–Kier alpha value is -0.240. The van der Waals surface area contributed by atoms with Crippen molar-refractivity contribution in [3.8, 4) is 0 Å². The zero-order chi connectivity index (χ0) is 10.8. The monoisotopic (exact) mass is 215 g/mol. The van der Waals surface area contributed by atoms with E-state index in [0.717, 1.165) is 13.1 Å². The first-order chi connectivity index (χ1) is 7.18. The molecule has 2 fully saturated rings. The Labute approximate surface area is 90.1 Å². The van der Waals surface area contributed by atoms with E-state index in [4.69, 9.17) is 11.5 Å². The van der Waals surface area contributed by atoms with Crippen LogP contribution in [0.3, 0.4) is 0 Å². The van der Waals surface area contributed by atoms with Gasteiger partial charge >= 0.3 is 0 Å². The third kappa shape index (κ3) is 2.47. The smallest absolute Gasteiger partial charge is 0.198 e. The summed E-state index contributed by atoms with van der Waals surface area (Å²) in [5.41, 5.74) is 11.5. The molecule has 0 aromatic rings. The molecule has 2 aliphatic heterocycles. The maximum absolute atomic E-state index is 11.4. The van der Waals surface area contributed by atoms with E-state index in [9.17, 15) is 5.21 Å². The van der Waals surface area contributed by atoms with Gasteiger partial charge in [-0.05, 0) is 25.9 Å². The van der Waals surface area contributed by atoms with Crippen molar-refractivity contribution in [1.82, 2.24) is 10.2 Å². The second-order valence-corrected chi connectivity index (χ2v) is 4.50. The maximum atomic E-state index is 11.4. The zero-order valence-corrected chi connectivity index (χ0v) is 8.98. The van der Waals surface area contributed by atoms with E-state index >= 15 is 0 Å². The summed E-state index contributed by atoms with van der Waals surface area (Å²) in [5, 5.41) is 14.5. The first-order valence-corrected chi connectivity index (χ1v) is 5.73. The minimum absolute atomic E-state index is 0.0664. The molecular weight excluding hydrogens is 194 g/mol. The lowest BCUT2D eigenvalue weighted by molar-refractivity contribution is -0.912. The Morgan fingerprint density at radius 2 is 1.87 bits per heavy atom. The molecule has 0 aromatic carbocycles. The molecule has 0 radical (unpaired) electrons. The Bertz CT molecular complexity index is 197. The van der Waals surface area contributed by atoms with Gasteiger partial charge in [-0.25, -0.2) is 5.32 Å². The van der Waals surface area contributed by atoms with Crippen LogP contribution in [0.25, 0.3) is 0 Å². The van der Waals surface area contributed by atoms with Gasteiger partial charge in [0.15, 0.2) is 6.29 Å².